The van der Waals surface area contributed by atoms with Crippen molar-refractivity contribution in [3.63, 3.8) is 0 Å². The molecule has 1 N–H and O–H groups in total. The van der Waals surface area contributed by atoms with E-state index in [2.05, 4.69) is 25.7 Å². The molecule has 0 aromatic heterocycles. The summed E-state index contributed by atoms with van der Waals surface area (Å²) in [6.07, 6.45) is -0.472. The molecule has 0 fully saturated rings. The third-order valence-electron chi connectivity index (χ3n) is 2.73. The van der Waals surface area contributed by atoms with E-state index in [0.29, 0.717) is 11.1 Å². The molecule has 0 radical (unpaired) electrons. The molecular weight excluding hydrogens is 222 g/mol. The van der Waals surface area contributed by atoms with Gasteiger partial charge in [0.05, 0.1) is 16.8 Å². The van der Waals surface area contributed by atoms with E-state index in [-0.39, 0.29) is 0 Å². The molecule has 1 unspecified atom stereocenters. The molecular formula is C13H20ClNO. The summed E-state index contributed by atoms with van der Waals surface area (Å²) in [6, 6.07) is 6.16. The van der Waals surface area contributed by atoms with Gasteiger partial charge in [-0.1, -0.05) is 17.7 Å². The molecule has 0 heterocycles. The lowest BCUT2D eigenvalue weighted by Crippen LogP contribution is -2.30. The maximum atomic E-state index is 9.47. The predicted molar refractivity (Wildman–Crippen MR) is 70.2 cm³/mol. The number of halogens is 1. The van der Waals surface area contributed by atoms with Gasteiger partial charge in [-0.2, -0.15) is 0 Å². The lowest BCUT2D eigenvalue weighted by atomic mass is 10.1. The van der Waals surface area contributed by atoms with Gasteiger partial charge in [0.2, 0.25) is 0 Å². The van der Waals surface area contributed by atoms with Crippen LogP contribution in [0.3, 0.4) is 0 Å². The third kappa shape index (κ3) is 2.89. The molecule has 16 heavy (non-hydrogen) atoms. The van der Waals surface area contributed by atoms with Crippen molar-refractivity contribution in [3.05, 3.63) is 28.8 Å². The molecule has 0 aliphatic heterocycles. The van der Waals surface area contributed by atoms with Crippen LogP contribution in [0.15, 0.2) is 18.2 Å². The van der Waals surface area contributed by atoms with Crippen molar-refractivity contribution in [2.75, 3.05) is 11.4 Å². The molecule has 0 spiro atoms. The highest BCUT2D eigenvalue weighted by molar-refractivity contribution is 6.33. The molecule has 0 aliphatic rings. The number of benzene rings is 1. The number of hydrogen-bond donors (Lipinski definition) is 1. The van der Waals surface area contributed by atoms with E-state index in [1.54, 1.807) is 6.92 Å². The maximum Gasteiger partial charge on any atom is 0.0762 e. The number of rotatable bonds is 4. The number of aliphatic hydroxyl groups is 1. The summed E-state index contributed by atoms with van der Waals surface area (Å²) in [5.41, 5.74) is 1.89. The van der Waals surface area contributed by atoms with Crippen LogP contribution in [0.4, 0.5) is 5.69 Å². The van der Waals surface area contributed by atoms with E-state index in [1.807, 2.05) is 18.2 Å². The molecule has 0 saturated carbocycles. The lowest BCUT2D eigenvalue weighted by Gasteiger charge is -2.28. The highest BCUT2D eigenvalue weighted by Gasteiger charge is 2.13. The van der Waals surface area contributed by atoms with Crippen molar-refractivity contribution < 1.29 is 5.11 Å². The summed E-state index contributed by atoms with van der Waals surface area (Å²) < 4.78 is 0. The Morgan fingerprint density at radius 3 is 2.31 bits per heavy atom. The van der Waals surface area contributed by atoms with Crippen LogP contribution in [0, 0.1) is 0 Å². The molecule has 0 aliphatic carbocycles. The number of hydrogen-bond acceptors (Lipinski definition) is 2. The van der Waals surface area contributed by atoms with Crippen molar-refractivity contribution in [2.24, 2.45) is 0 Å². The fourth-order valence-corrected chi connectivity index (χ4v) is 2.13. The lowest BCUT2D eigenvalue weighted by molar-refractivity contribution is 0.199. The minimum absolute atomic E-state index is 0.417. The molecule has 1 atom stereocenters. The van der Waals surface area contributed by atoms with E-state index in [4.69, 9.17) is 11.6 Å². The predicted octanol–water partition coefficient (Wildman–Crippen LogP) is 3.63. The standard InChI is InChI=1S/C13H20ClNO/c1-5-15(9(2)3)13-7-6-11(10(4)16)8-12(13)14/h6-10,16H,5H2,1-4H3. The summed E-state index contributed by atoms with van der Waals surface area (Å²) in [5, 5.41) is 10.2. The Morgan fingerprint density at radius 2 is 1.94 bits per heavy atom. The van der Waals surface area contributed by atoms with Gasteiger partial charge in [-0.05, 0) is 45.4 Å². The second-order valence-electron chi connectivity index (χ2n) is 4.27. The first-order chi connectivity index (χ1) is 7.47. The highest BCUT2D eigenvalue weighted by Crippen LogP contribution is 2.30. The topological polar surface area (TPSA) is 23.5 Å². The van der Waals surface area contributed by atoms with Crippen molar-refractivity contribution in [3.8, 4) is 0 Å². The van der Waals surface area contributed by atoms with Crippen LogP contribution in [-0.4, -0.2) is 17.7 Å². The van der Waals surface area contributed by atoms with Gasteiger partial charge in [-0.15, -0.1) is 0 Å². The molecule has 0 saturated heterocycles. The van der Waals surface area contributed by atoms with Crippen LogP contribution in [0.5, 0.6) is 0 Å². The van der Waals surface area contributed by atoms with Crippen LogP contribution in [0.1, 0.15) is 39.4 Å². The second kappa shape index (κ2) is 5.55. The Hall–Kier alpha value is -0.730. The molecule has 1 aromatic carbocycles. The van der Waals surface area contributed by atoms with Crippen LogP contribution in [-0.2, 0) is 0 Å². The van der Waals surface area contributed by atoms with Crippen LogP contribution in [0.2, 0.25) is 5.02 Å². The Balaban J connectivity index is 3.06. The maximum absolute atomic E-state index is 9.47. The molecule has 1 rings (SSSR count). The Bertz CT molecular complexity index is 350. The molecule has 2 nitrogen and oxygen atoms in total. The summed E-state index contributed by atoms with van der Waals surface area (Å²) in [5.74, 6) is 0. The van der Waals surface area contributed by atoms with E-state index in [1.165, 1.54) is 0 Å². The molecule has 90 valence electrons. The van der Waals surface area contributed by atoms with Gasteiger partial charge in [0.15, 0.2) is 0 Å². The van der Waals surface area contributed by atoms with Gasteiger partial charge in [0, 0.05) is 12.6 Å². The zero-order chi connectivity index (χ0) is 12.3. The van der Waals surface area contributed by atoms with E-state index in [9.17, 15) is 5.11 Å². The van der Waals surface area contributed by atoms with Gasteiger partial charge in [-0.25, -0.2) is 0 Å². The Kier molecular flexibility index (Phi) is 4.63. The van der Waals surface area contributed by atoms with Crippen LogP contribution in [0.25, 0.3) is 0 Å². The van der Waals surface area contributed by atoms with Gasteiger partial charge in [0.1, 0.15) is 0 Å². The SMILES string of the molecule is CCN(c1ccc(C(C)O)cc1Cl)C(C)C. The molecule has 0 amide bonds. The van der Waals surface area contributed by atoms with Crippen molar-refractivity contribution in [2.45, 2.75) is 39.8 Å². The minimum Gasteiger partial charge on any atom is -0.389 e. The van der Waals surface area contributed by atoms with Gasteiger partial charge in [0.25, 0.3) is 0 Å². The fourth-order valence-electron chi connectivity index (χ4n) is 1.83. The normalized spacial score (nSPS) is 12.9. The highest BCUT2D eigenvalue weighted by atomic mass is 35.5. The smallest absolute Gasteiger partial charge is 0.0762 e. The zero-order valence-electron chi connectivity index (χ0n) is 10.4. The van der Waals surface area contributed by atoms with Crippen molar-refractivity contribution in [1.82, 2.24) is 0 Å². The summed E-state index contributed by atoms with van der Waals surface area (Å²) >= 11 is 6.24. The van der Waals surface area contributed by atoms with Crippen molar-refractivity contribution >= 4 is 17.3 Å². The minimum atomic E-state index is -0.472. The van der Waals surface area contributed by atoms with Gasteiger partial charge < -0.3 is 10.0 Å². The van der Waals surface area contributed by atoms with E-state index in [0.717, 1.165) is 17.8 Å². The number of aliphatic hydroxyl groups excluding tert-OH is 1. The Labute approximate surface area is 103 Å². The zero-order valence-corrected chi connectivity index (χ0v) is 11.1. The van der Waals surface area contributed by atoms with Crippen molar-refractivity contribution in [1.29, 1.82) is 0 Å². The molecule has 1 aromatic rings. The molecule has 3 heteroatoms. The average molecular weight is 242 g/mol. The first kappa shape index (κ1) is 13.3. The summed E-state index contributed by atoms with van der Waals surface area (Å²) in [6.45, 7) is 9.06. The first-order valence-corrected chi connectivity index (χ1v) is 6.09. The fraction of sp³-hybridized carbons (Fsp3) is 0.538. The first-order valence-electron chi connectivity index (χ1n) is 5.71. The summed E-state index contributed by atoms with van der Waals surface area (Å²) in [7, 11) is 0. The number of nitrogens with zero attached hydrogens (tertiary/aromatic N) is 1. The summed E-state index contributed by atoms with van der Waals surface area (Å²) in [4.78, 5) is 2.23. The quantitative estimate of drug-likeness (QED) is 0.870. The van der Waals surface area contributed by atoms with Crippen LogP contribution < -0.4 is 4.90 Å². The van der Waals surface area contributed by atoms with E-state index < -0.39 is 6.10 Å². The van der Waals surface area contributed by atoms with E-state index >= 15 is 0 Å². The third-order valence-corrected chi connectivity index (χ3v) is 3.03. The Morgan fingerprint density at radius 1 is 1.31 bits per heavy atom. The van der Waals surface area contributed by atoms with Gasteiger partial charge >= 0.3 is 0 Å². The second-order valence-corrected chi connectivity index (χ2v) is 4.67. The monoisotopic (exact) mass is 241 g/mol. The number of anilines is 1. The van der Waals surface area contributed by atoms with Gasteiger partial charge in [-0.3, -0.25) is 0 Å². The van der Waals surface area contributed by atoms with Crippen LogP contribution >= 0.6 is 11.6 Å². The average Bonchev–Trinajstić information content (AvgIpc) is 2.20. The largest absolute Gasteiger partial charge is 0.389 e. The molecule has 0 bridgehead atoms.